The molecular formula is C15H25NO2S. The van der Waals surface area contributed by atoms with Crippen LogP contribution in [-0.2, 0) is 9.84 Å². The van der Waals surface area contributed by atoms with Crippen molar-refractivity contribution in [1.29, 1.82) is 0 Å². The van der Waals surface area contributed by atoms with Crippen LogP contribution in [0.1, 0.15) is 44.4 Å². The van der Waals surface area contributed by atoms with Gasteiger partial charge in [0, 0.05) is 18.8 Å². The minimum Gasteiger partial charge on any atom is -0.308 e. The SMILES string of the molecule is CCC(NCC(C)(C)S(C)(=O)=O)c1ccc(C)cc1. The summed E-state index contributed by atoms with van der Waals surface area (Å²) in [6, 6.07) is 8.57. The molecule has 1 N–H and O–H groups in total. The molecule has 1 aromatic carbocycles. The first-order chi connectivity index (χ1) is 8.67. The van der Waals surface area contributed by atoms with Gasteiger partial charge in [-0.05, 0) is 32.8 Å². The molecular weight excluding hydrogens is 258 g/mol. The number of nitrogens with one attached hydrogen (secondary N) is 1. The summed E-state index contributed by atoms with van der Waals surface area (Å²) >= 11 is 0. The summed E-state index contributed by atoms with van der Waals surface area (Å²) < 4.78 is 22.6. The summed E-state index contributed by atoms with van der Waals surface area (Å²) in [4.78, 5) is 0. The van der Waals surface area contributed by atoms with Crippen molar-refractivity contribution < 1.29 is 8.42 Å². The van der Waals surface area contributed by atoms with E-state index < -0.39 is 14.6 Å². The molecule has 0 aliphatic rings. The number of sulfone groups is 1. The summed E-state index contributed by atoms with van der Waals surface area (Å²) in [7, 11) is -3.06. The predicted octanol–water partition coefficient (Wildman–Crippen LogP) is 2.86. The first-order valence-electron chi connectivity index (χ1n) is 6.67. The number of hydrogen-bond acceptors (Lipinski definition) is 3. The standard InChI is InChI=1S/C15H25NO2S/c1-6-14(13-9-7-12(2)8-10-13)16-11-15(3,4)19(5,17)18/h7-10,14,16H,6,11H2,1-5H3. The van der Waals surface area contributed by atoms with E-state index in [2.05, 4.69) is 43.4 Å². The number of hydrogen-bond donors (Lipinski definition) is 1. The van der Waals surface area contributed by atoms with Crippen LogP contribution in [0.4, 0.5) is 0 Å². The van der Waals surface area contributed by atoms with Crippen LogP contribution in [-0.4, -0.2) is 26.0 Å². The van der Waals surface area contributed by atoms with Gasteiger partial charge < -0.3 is 5.32 Å². The van der Waals surface area contributed by atoms with Crippen molar-refractivity contribution in [2.75, 3.05) is 12.8 Å². The van der Waals surface area contributed by atoms with E-state index in [1.165, 1.54) is 17.4 Å². The Morgan fingerprint density at radius 2 is 1.74 bits per heavy atom. The van der Waals surface area contributed by atoms with Crippen LogP contribution in [0.15, 0.2) is 24.3 Å². The van der Waals surface area contributed by atoms with Gasteiger partial charge in [0.2, 0.25) is 0 Å². The fraction of sp³-hybridized carbons (Fsp3) is 0.600. The molecule has 0 spiro atoms. The van der Waals surface area contributed by atoms with Gasteiger partial charge >= 0.3 is 0 Å². The van der Waals surface area contributed by atoms with Crippen LogP contribution in [0.25, 0.3) is 0 Å². The van der Waals surface area contributed by atoms with Gasteiger partial charge in [-0.2, -0.15) is 0 Å². The molecule has 0 aliphatic heterocycles. The Morgan fingerprint density at radius 3 is 2.16 bits per heavy atom. The summed E-state index contributed by atoms with van der Waals surface area (Å²) in [6.07, 6.45) is 2.23. The second kappa shape index (κ2) is 6.06. The third-order valence-electron chi connectivity index (χ3n) is 3.67. The van der Waals surface area contributed by atoms with Crippen molar-refractivity contribution in [3.05, 3.63) is 35.4 Å². The number of benzene rings is 1. The Balaban J connectivity index is 2.76. The van der Waals surface area contributed by atoms with Crippen LogP contribution in [0.2, 0.25) is 0 Å². The van der Waals surface area contributed by atoms with E-state index in [4.69, 9.17) is 0 Å². The Labute approximate surface area is 117 Å². The highest BCUT2D eigenvalue weighted by Crippen LogP contribution is 2.20. The second-order valence-electron chi connectivity index (χ2n) is 5.78. The molecule has 0 fully saturated rings. The summed E-state index contributed by atoms with van der Waals surface area (Å²) in [5.41, 5.74) is 2.44. The molecule has 0 aliphatic carbocycles. The van der Waals surface area contributed by atoms with Crippen LogP contribution < -0.4 is 5.32 Å². The van der Waals surface area contributed by atoms with Crippen molar-refractivity contribution in [1.82, 2.24) is 5.32 Å². The molecule has 0 saturated carbocycles. The molecule has 0 heterocycles. The van der Waals surface area contributed by atoms with Gasteiger partial charge in [-0.3, -0.25) is 0 Å². The normalized spacial score (nSPS) is 14.4. The molecule has 0 saturated heterocycles. The zero-order chi connectivity index (χ0) is 14.7. The Bertz CT molecular complexity index is 503. The number of aryl methyl sites for hydroxylation is 1. The van der Waals surface area contributed by atoms with Gasteiger partial charge in [-0.25, -0.2) is 8.42 Å². The lowest BCUT2D eigenvalue weighted by atomic mass is 10.0. The van der Waals surface area contributed by atoms with E-state index in [0.717, 1.165) is 6.42 Å². The van der Waals surface area contributed by atoms with Gasteiger partial charge in [0.15, 0.2) is 9.84 Å². The predicted molar refractivity (Wildman–Crippen MR) is 81.1 cm³/mol. The summed E-state index contributed by atoms with van der Waals surface area (Å²) in [6.45, 7) is 8.14. The minimum atomic E-state index is -3.06. The maximum absolute atomic E-state index is 11.7. The molecule has 1 unspecified atom stereocenters. The average Bonchev–Trinajstić information content (AvgIpc) is 2.30. The smallest absolute Gasteiger partial charge is 0.153 e. The fourth-order valence-electron chi connectivity index (χ4n) is 1.80. The van der Waals surface area contributed by atoms with Crippen molar-refractivity contribution in [2.24, 2.45) is 0 Å². The Kier molecular flexibility index (Phi) is 5.16. The second-order valence-corrected chi connectivity index (χ2v) is 8.43. The third-order valence-corrected chi connectivity index (χ3v) is 5.82. The van der Waals surface area contributed by atoms with Gasteiger partial charge in [-0.15, -0.1) is 0 Å². The molecule has 0 amide bonds. The van der Waals surface area contributed by atoms with Crippen LogP contribution in [0, 0.1) is 6.92 Å². The van der Waals surface area contributed by atoms with E-state index in [-0.39, 0.29) is 6.04 Å². The zero-order valence-corrected chi connectivity index (χ0v) is 13.3. The molecule has 0 aromatic heterocycles. The largest absolute Gasteiger partial charge is 0.308 e. The van der Waals surface area contributed by atoms with E-state index in [0.29, 0.717) is 6.54 Å². The maximum Gasteiger partial charge on any atom is 0.153 e. The summed E-state index contributed by atoms with van der Waals surface area (Å²) in [5, 5.41) is 3.37. The van der Waals surface area contributed by atoms with Crippen LogP contribution in [0.5, 0.6) is 0 Å². The minimum absolute atomic E-state index is 0.196. The summed E-state index contributed by atoms with van der Waals surface area (Å²) in [5.74, 6) is 0. The Hall–Kier alpha value is -0.870. The highest BCUT2D eigenvalue weighted by Gasteiger charge is 2.30. The van der Waals surface area contributed by atoms with Crippen molar-refractivity contribution >= 4 is 9.84 Å². The molecule has 1 atom stereocenters. The van der Waals surface area contributed by atoms with E-state index in [9.17, 15) is 8.42 Å². The zero-order valence-electron chi connectivity index (χ0n) is 12.5. The first kappa shape index (κ1) is 16.2. The average molecular weight is 283 g/mol. The first-order valence-corrected chi connectivity index (χ1v) is 8.56. The number of rotatable bonds is 6. The van der Waals surface area contributed by atoms with Crippen LogP contribution >= 0.6 is 0 Å². The quantitative estimate of drug-likeness (QED) is 0.873. The van der Waals surface area contributed by atoms with Gasteiger partial charge in [0.1, 0.15) is 0 Å². The lowest BCUT2D eigenvalue weighted by molar-refractivity contribution is 0.464. The third kappa shape index (κ3) is 4.32. The topological polar surface area (TPSA) is 46.2 Å². The molecule has 0 radical (unpaired) electrons. The monoisotopic (exact) mass is 283 g/mol. The van der Waals surface area contributed by atoms with E-state index in [1.807, 2.05) is 0 Å². The van der Waals surface area contributed by atoms with Crippen molar-refractivity contribution in [3.8, 4) is 0 Å². The molecule has 1 rings (SSSR count). The molecule has 108 valence electrons. The molecule has 1 aromatic rings. The molecule has 0 bridgehead atoms. The fourth-order valence-corrected chi connectivity index (χ4v) is 2.14. The lowest BCUT2D eigenvalue weighted by Gasteiger charge is -2.26. The van der Waals surface area contributed by atoms with Crippen LogP contribution in [0.3, 0.4) is 0 Å². The highest BCUT2D eigenvalue weighted by molar-refractivity contribution is 7.92. The van der Waals surface area contributed by atoms with Gasteiger partial charge in [0.05, 0.1) is 4.75 Å². The molecule has 19 heavy (non-hydrogen) atoms. The Morgan fingerprint density at radius 1 is 1.21 bits per heavy atom. The lowest BCUT2D eigenvalue weighted by Crippen LogP contribution is -2.42. The molecule has 3 nitrogen and oxygen atoms in total. The van der Waals surface area contributed by atoms with Gasteiger partial charge in [-0.1, -0.05) is 36.8 Å². The van der Waals surface area contributed by atoms with Crippen molar-refractivity contribution in [2.45, 2.75) is 44.9 Å². The maximum atomic E-state index is 11.7. The highest BCUT2D eigenvalue weighted by atomic mass is 32.2. The molecule has 4 heteroatoms. The van der Waals surface area contributed by atoms with E-state index in [1.54, 1.807) is 13.8 Å². The van der Waals surface area contributed by atoms with E-state index >= 15 is 0 Å². The van der Waals surface area contributed by atoms with Crippen molar-refractivity contribution in [3.63, 3.8) is 0 Å². The van der Waals surface area contributed by atoms with Gasteiger partial charge in [0.25, 0.3) is 0 Å².